The number of phenols is 2. The number of aromatic nitrogens is 1. The molecule has 0 aliphatic heterocycles. The topological polar surface area (TPSA) is 92.8 Å². The zero-order valence-electron chi connectivity index (χ0n) is 14.5. The van der Waals surface area contributed by atoms with Crippen molar-refractivity contribution in [2.45, 2.75) is 19.8 Å². The van der Waals surface area contributed by atoms with Gasteiger partial charge >= 0.3 is 5.97 Å². The quantitative estimate of drug-likeness (QED) is 0.680. The van der Waals surface area contributed by atoms with Crippen molar-refractivity contribution in [3.8, 4) is 22.6 Å². The fraction of sp³-hybridized carbons (Fsp3) is 0.200. The van der Waals surface area contributed by atoms with E-state index in [1.807, 2.05) is 37.3 Å². The molecule has 0 unspecified atom stereocenters. The number of carbonyl (C=O) groups is 1. The van der Waals surface area contributed by atoms with Gasteiger partial charge in [0, 0.05) is 18.1 Å². The van der Waals surface area contributed by atoms with Crippen LogP contribution in [-0.2, 0) is 17.6 Å². The van der Waals surface area contributed by atoms with E-state index in [-0.39, 0.29) is 23.6 Å². The molecule has 0 saturated carbocycles. The fourth-order valence-electron chi connectivity index (χ4n) is 3.09. The van der Waals surface area contributed by atoms with E-state index in [1.165, 1.54) is 19.6 Å². The maximum Gasteiger partial charge on any atom is 0.360 e. The smallest absolute Gasteiger partial charge is 0.360 e. The van der Waals surface area contributed by atoms with Crippen LogP contribution in [0.15, 0.2) is 47.2 Å². The number of hydrogen-bond acceptors (Lipinski definition) is 6. The summed E-state index contributed by atoms with van der Waals surface area (Å²) < 4.78 is 10.1. The van der Waals surface area contributed by atoms with Crippen LogP contribution >= 0.6 is 0 Å². The summed E-state index contributed by atoms with van der Waals surface area (Å²) in [7, 11) is 1.27. The zero-order valence-corrected chi connectivity index (χ0v) is 14.5. The molecular formula is C20H19NO5. The molecule has 0 bridgehead atoms. The van der Waals surface area contributed by atoms with Crippen LogP contribution in [0.4, 0.5) is 0 Å². The highest BCUT2D eigenvalue weighted by Gasteiger charge is 2.23. The first-order valence-corrected chi connectivity index (χ1v) is 8.19. The lowest BCUT2D eigenvalue weighted by atomic mass is 9.89. The number of phenolic OH excluding ortho intramolecular Hbond substituents is 2. The van der Waals surface area contributed by atoms with E-state index in [4.69, 9.17) is 9.15 Å². The number of oxazole rings is 1. The predicted molar refractivity (Wildman–Crippen MR) is 95.2 cm³/mol. The van der Waals surface area contributed by atoms with Crippen molar-refractivity contribution in [3.05, 3.63) is 65.4 Å². The van der Waals surface area contributed by atoms with Gasteiger partial charge in [-0.1, -0.05) is 37.3 Å². The van der Waals surface area contributed by atoms with Gasteiger partial charge in [0.05, 0.1) is 7.11 Å². The first-order valence-electron chi connectivity index (χ1n) is 8.19. The summed E-state index contributed by atoms with van der Waals surface area (Å²) in [5.74, 6) is -0.329. The Morgan fingerprint density at radius 1 is 1.15 bits per heavy atom. The van der Waals surface area contributed by atoms with Gasteiger partial charge in [-0.25, -0.2) is 9.78 Å². The molecular weight excluding hydrogens is 334 g/mol. The third kappa shape index (κ3) is 3.13. The number of hydrogen-bond donors (Lipinski definition) is 2. The van der Waals surface area contributed by atoms with E-state index in [0.717, 1.165) is 5.56 Å². The van der Waals surface area contributed by atoms with Crippen molar-refractivity contribution in [2.75, 3.05) is 7.11 Å². The fourth-order valence-corrected chi connectivity index (χ4v) is 3.09. The van der Waals surface area contributed by atoms with Crippen LogP contribution in [-0.4, -0.2) is 28.3 Å². The monoisotopic (exact) mass is 353 g/mol. The normalized spacial score (nSPS) is 10.7. The molecule has 0 atom stereocenters. The summed E-state index contributed by atoms with van der Waals surface area (Å²) >= 11 is 0. The zero-order chi connectivity index (χ0) is 18.7. The van der Waals surface area contributed by atoms with Gasteiger partial charge in [0.25, 0.3) is 0 Å². The lowest BCUT2D eigenvalue weighted by Gasteiger charge is -2.17. The van der Waals surface area contributed by atoms with Gasteiger partial charge in [0.15, 0.2) is 12.1 Å². The van der Waals surface area contributed by atoms with Crippen molar-refractivity contribution >= 4 is 5.97 Å². The average Bonchev–Trinajstić information content (AvgIpc) is 3.10. The highest BCUT2D eigenvalue weighted by Crippen LogP contribution is 2.41. The number of carbonyl (C=O) groups excluding carboxylic acids is 1. The summed E-state index contributed by atoms with van der Waals surface area (Å²) in [5, 5.41) is 20.8. The van der Waals surface area contributed by atoms with Crippen LogP contribution in [0.2, 0.25) is 0 Å². The van der Waals surface area contributed by atoms with Crippen molar-refractivity contribution < 1.29 is 24.2 Å². The molecule has 0 aliphatic rings. The molecule has 0 spiro atoms. The molecule has 3 aromatic rings. The molecule has 0 saturated heterocycles. The molecule has 0 radical (unpaired) electrons. The van der Waals surface area contributed by atoms with E-state index in [2.05, 4.69) is 4.98 Å². The second-order valence-corrected chi connectivity index (χ2v) is 5.76. The number of aromatic hydroxyl groups is 2. The Morgan fingerprint density at radius 3 is 2.54 bits per heavy atom. The average molecular weight is 353 g/mol. The Morgan fingerprint density at radius 2 is 1.88 bits per heavy atom. The Balaban J connectivity index is 2.20. The SMILES string of the molecule is CCc1c(O)cc(O)c(-c2ccccc2)c1Cc1ocnc1C(=O)OC. The molecule has 0 amide bonds. The van der Waals surface area contributed by atoms with Gasteiger partial charge in [-0.05, 0) is 23.1 Å². The lowest BCUT2D eigenvalue weighted by molar-refractivity contribution is 0.0592. The highest BCUT2D eigenvalue weighted by atomic mass is 16.5. The summed E-state index contributed by atoms with van der Waals surface area (Å²) in [6.45, 7) is 1.91. The minimum atomic E-state index is -0.600. The van der Waals surface area contributed by atoms with E-state index in [1.54, 1.807) is 0 Å². The van der Waals surface area contributed by atoms with Gasteiger partial charge in [0.1, 0.15) is 17.3 Å². The number of ether oxygens (including phenoxy) is 1. The number of rotatable bonds is 5. The lowest BCUT2D eigenvalue weighted by Crippen LogP contribution is -2.07. The molecule has 26 heavy (non-hydrogen) atoms. The minimum Gasteiger partial charge on any atom is -0.508 e. The van der Waals surface area contributed by atoms with E-state index < -0.39 is 5.97 Å². The number of benzene rings is 2. The number of esters is 1. The standard InChI is InChI=1S/C20H19NO5/c1-3-13-14(9-17-19(20(24)25-2)21-11-26-17)18(16(23)10-15(13)22)12-7-5-4-6-8-12/h4-8,10-11,22-23H,3,9H2,1-2H3. The molecule has 1 heterocycles. The Labute approximate surface area is 150 Å². The molecule has 1 aromatic heterocycles. The van der Waals surface area contributed by atoms with Gasteiger partial charge in [-0.2, -0.15) is 0 Å². The van der Waals surface area contributed by atoms with E-state index in [9.17, 15) is 15.0 Å². The number of methoxy groups -OCH3 is 1. The van der Waals surface area contributed by atoms with Crippen molar-refractivity contribution in [3.63, 3.8) is 0 Å². The molecule has 134 valence electrons. The molecule has 0 fully saturated rings. The third-order valence-corrected chi connectivity index (χ3v) is 4.28. The first kappa shape index (κ1) is 17.5. The van der Waals surface area contributed by atoms with Gasteiger partial charge in [-0.3, -0.25) is 0 Å². The van der Waals surface area contributed by atoms with Gasteiger partial charge in [-0.15, -0.1) is 0 Å². The van der Waals surface area contributed by atoms with Crippen LogP contribution in [0.5, 0.6) is 11.5 Å². The minimum absolute atomic E-state index is 0.00110. The van der Waals surface area contributed by atoms with Crippen molar-refractivity contribution in [1.82, 2.24) is 4.98 Å². The van der Waals surface area contributed by atoms with Crippen LogP contribution in [0.3, 0.4) is 0 Å². The molecule has 2 N–H and O–H groups in total. The van der Waals surface area contributed by atoms with Crippen LogP contribution in [0.25, 0.3) is 11.1 Å². The first-order chi connectivity index (χ1) is 12.6. The summed E-state index contributed by atoms with van der Waals surface area (Å²) in [6, 6.07) is 10.7. The number of nitrogens with zero attached hydrogens (tertiary/aromatic N) is 1. The van der Waals surface area contributed by atoms with Crippen molar-refractivity contribution in [2.24, 2.45) is 0 Å². The molecule has 3 rings (SSSR count). The summed E-state index contributed by atoms with van der Waals surface area (Å²) in [6.07, 6.45) is 1.90. The third-order valence-electron chi connectivity index (χ3n) is 4.28. The second kappa shape index (κ2) is 7.31. The van der Waals surface area contributed by atoms with Crippen molar-refractivity contribution in [1.29, 1.82) is 0 Å². The Hall–Kier alpha value is -3.28. The Bertz CT molecular complexity index is 931. The van der Waals surface area contributed by atoms with Crippen LogP contribution < -0.4 is 0 Å². The summed E-state index contributed by atoms with van der Waals surface area (Å²) in [5.41, 5.74) is 2.82. The van der Waals surface area contributed by atoms with E-state index >= 15 is 0 Å². The van der Waals surface area contributed by atoms with Gasteiger partial charge < -0.3 is 19.4 Å². The largest absolute Gasteiger partial charge is 0.508 e. The summed E-state index contributed by atoms with van der Waals surface area (Å²) in [4.78, 5) is 15.8. The van der Waals surface area contributed by atoms with Crippen LogP contribution in [0.1, 0.15) is 34.3 Å². The Kier molecular flexibility index (Phi) is 4.93. The second-order valence-electron chi connectivity index (χ2n) is 5.76. The molecule has 6 heteroatoms. The predicted octanol–water partition coefficient (Wildman–Crippen LogP) is 3.69. The maximum atomic E-state index is 11.9. The molecule has 6 nitrogen and oxygen atoms in total. The van der Waals surface area contributed by atoms with Crippen LogP contribution in [0, 0.1) is 0 Å². The van der Waals surface area contributed by atoms with Gasteiger partial charge in [0.2, 0.25) is 0 Å². The van der Waals surface area contributed by atoms with E-state index in [0.29, 0.717) is 28.9 Å². The highest BCUT2D eigenvalue weighted by molar-refractivity contribution is 5.88. The molecule has 0 aliphatic carbocycles. The molecule has 2 aromatic carbocycles. The maximum absolute atomic E-state index is 11.9.